The van der Waals surface area contributed by atoms with E-state index in [1.807, 2.05) is 0 Å². The van der Waals surface area contributed by atoms with Crippen LogP contribution in [-0.2, 0) is 0 Å². The van der Waals surface area contributed by atoms with Crippen molar-refractivity contribution >= 4 is 46.4 Å². The van der Waals surface area contributed by atoms with Gasteiger partial charge in [-0.3, -0.25) is 0 Å². The number of hydrogen-bond donors (Lipinski definition) is 0. The molecule has 0 amide bonds. The molecular formula is C9H6Cl4O. The van der Waals surface area contributed by atoms with Crippen molar-refractivity contribution in [2.24, 2.45) is 0 Å². The third kappa shape index (κ3) is 3.25. The molecule has 0 aliphatic heterocycles. The Balaban J connectivity index is 2.91. The van der Waals surface area contributed by atoms with Gasteiger partial charge in [-0.25, -0.2) is 0 Å². The Morgan fingerprint density at radius 3 is 2.14 bits per heavy atom. The number of halogens is 4. The first-order chi connectivity index (χ1) is 6.50. The Labute approximate surface area is 102 Å². The van der Waals surface area contributed by atoms with Crippen LogP contribution in [0, 0.1) is 0 Å². The Morgan fingerprint density at radius 2 is 1.71 bits per heavy atom. The lowest BCUT2D eigenvalue weighted by Gasteiger charge is -2.09. The van der Waals surface area contributed by atoms with E-state index in [9.17, 15) is 0 Å². The van der Waals surface area contributed by atoms with Gasteiger partial charge in [-0.2, -0.15) is 0 Å². The molecule has 1 nitrogen and oxygen atoms in total. The standard InChI is InChI=1S/C9H6Cl4O/c1-5(10)4-14-9-7(12)2-6(11)3-8(9)13/h2-3H,1,4H2. The summed E-state index contributed by atoms with van der Waals surface area (Å²) in [5, 5.41) is 1.52. The number of ether oxygens (including phenoxy) is 1. The van der Waals surface area contributed by atoms with Crippen LogP contribution in [0.1, 0.15) is 0 Å². The number of rotatable bonds is 3. The lowest BCUT2D eigenvalue weighted by Crippen LogP contribution is -1.97. The van der Waals surface area contributed by atoms with Crippen LogP contribution in [0.15, 0.2) is 23.7 Å². The van der Waals surface area contributed by atoms with E-state index in [-0.39, 0.29) is 6.61 Å². The maximum atomic E-state index is 5.85. The third-order valence-electron chi connectivity index (χ3n) is 1.34. The van der Waals surface area contributed by atoms with E-state index < -0.39 is 0 Å². The molecule has 5 heteroatoms. The van der Waals surface area contributed by atoms with Crippen molar-refractivity contribution in [3.05, 3.63) is 38.8 Å². The van der Waals surface area contributed by atoms with Gasteiger partial charge in [0, 0.05) is 10.1 Å². The molecule has 1 aromatic carbocycles. The van der Waals surface area contributed by atoms with Crippen molar-refractivity contribution in [1.82, 2.24) is 0 Å². The molecule has 0 radical (unpaired) electrons. The zero-order chi connectivity index (χ0) is 10.7. The second kappa shape index (κ2) is 5.13. The van der Waals surface area contributed by atoms with Gasteiger partial charge in [-0.05, 0) is 12.1 Å². The molecule has 0 aliphatic rings. The quantitative estimate of drug-likeness (QED) is 0.769. The largest absolute Gasteiger partial charge is 0.485 e. The molecule has 0 saturated heterocycles. The van der Waals surface area contributed by atoms with Gasteiger partial charge in [-0.1, -0.05) is 53.0 Å². The Hall–Kier alpha value is -0.0800. The fraction of sp³-hybridized carbons (Fsp3) is 0.111. The van der Waals surface area contributed by atoms with Gasteiger partial charge >= 0.3 is 0 Å². The first kappa shape index (κ1) is 12.0. The van der Waals surface area contributed by atoms with Gasteiger partial charge in [0.05, 0.1) is 10.0 Å². The minimum absolute atomic E-state index is 0.155. The lowest BCUT2D eigenvalue weighted by atomic mass is 10.3. The van der Waals surface area contributed by atoms with Crippen LogP contribution in [0.4, 0.5) is 0 Å². The SMILES string of the molecule is C=C(Cl)COc1c(Cl)cc(Cl)cc1Cl. The van der Waals surface area contributed by atoms with Gasteiger partial charge in [-0.15, -0.1) is 0 Å². The van der Waals surface area contributed by atoms with Crippen molar-refractivity contribution in [2.45, 2.75) is 0 Å². The van der Waals surface area contributed by atoms with Crippen LogP contribution in [0.25, 0.3) is 0 Å². The molecule has 0 spiro atoms. The van der Waals surface area contributed by atoms with E-state index in [1.165, 1.54) is 0 Å². The minimum Gasteiger partial charge on any atom is -0.485 e. The fourth-order valence-corrected chi connectivity index (χ4v) is 1.80. The van der Waals surface area contributed by atoms with E-state index in [4.69, 9.17) is 51.1 Å². The zero-order valence-corrected chi connectivity index (χ0v) is 10.0. The van der Waals surface area contributed by atoms with Crippen molar-refractivity contribution in [2.75, 3.05) is 6.61 Å². The molecule has 76 valence electrons. The predicted octanol–water partition coefficient (Wildman–Crippen LogP) is 4.78. The van der Waals surface area contributed by atoms with Gasteiger partial charge in [0.1, 0.15) is 6.61 Å². The summed E-state index contributed by atoms with van der Waals surface area (Å²) in [6.45, 7) is 3.63. The highest BCUT2D eigenvalue weighted by Gasteiger charge is 2.08. The summed E-state index contributed by atoms with van der Waals surface area (Å²) in [5.74, 6) is 0.361. The van der Waals surface area contributed by atoms with Crippen LogP contribution in [0.2, 0.25) is 15.1 Å². The lowest BCUT2D eigenvalue weighted by molar-refractivity contribution is 0.360. The highest BCUT2D eigenvalue weighted by molar-refractivity contribution is 6.40. The summed E-state index contributed by atoms with van der Waals surface area (Å²) in [6, 6.07) is 3.09. The van der Waals surface area contributed by atoms with Crippen LogP contribution < -0.4 is 4.74 Å². The normalized spacial score (nSPS) is 10.0. The average Bonchev–Trinajstić information content (AvgIpc) is 2.01. The average molecular weight is 272 g/mol. The second-order valence-electron chi connectivity index (χ2n) is 2.50. The molecule has 1 rings (SSSR count). The smallest absolute Gasteiger partial charge is 0.157 e. The first-order valence-electron chi connectivity index (χ1n) is 3.61. The maximum absolute atomic E-state index is 5.85. The molecule has 0 N–H and O–H groups in total. The first-order valence-corrected chi connectivity index (χ1v) is 5.12. The van der Waals surface area contributed by atoms with E-state index in [1.54, 1.807) is 12.1 Å². The minimum atomic E-state index is 0.155. The topological polar surface area (TPSA) is 9.23 Å². The summed E-state index contributed by atoms with van der Waals surface area (Å²) in [7, 11) is 0. The van der Waals surface area contributed by atoms with E-state index in [2.05, 4.69) is 6.58 Å². The highest BCUT2D eigenvalue weighted by atomic mass is 35.5. The van der Waals surface area contributed by atoms with E-state index in [0.717, 1.165) is 0 Å². The van der Waals surface area contributed by atoms with Gasteiger partial charge < -0.3 is 4.74 Å². The summed E-state index contributed by atoms with van der Waals surface area (Å²) in [4.78, 5) is 0. The van der Waals surface area contributed by atoms with E-state index in [0.29, 0.717) is 25.8 Å². The Morgan fingerprint density at radius 1 is 1.21 bits per heavy atom. The maximum Gasteiger partial charge on any atom is 0.157 e. The molecular weight excluding hydrogens is 266 g/mol. The fourth-order valence-electron chi connectivity index (χ4n) is 0.817. The molecule has 0 atom stereocenters. The monoisotopic (exact) mass is 270 g/mol. The molecule has 0 aliphatic carbocycles. The van der Waals surface area contributed by atoms with Crippen molar-refractivity contribution in [1.29, 1.82) is 0 Å². The van der Waals surface area contributed by atoms with Gasteiger partial charge in [0.25, 0.3) is 0 Å². The number of benzene rings is 1. The summed E-state index contributed by atoms with van der Waals surface area (Å²) < 4.78 is 5.23. The molecule has 0 bridgehead atoms. The molecule has 0 saturated carbocycles. The second-order valence-corrected chi connectivity index (χ2v) is 4.29. The molecule has 0 unspecified atom stereocenters. The van der Waals surface area contributed by atoms with Gasteiger partial charge in [0.15, 0.2) is 5.75 Å². The van der Waals surface area contributed by atoms with Crippen molar-refractivity contribution < 1.29 is 4.74 Å². The van der Waals surface area contributed by atoms with E-state index >= 15 is 0 Å². The molecule has 1 aromatic rings. The molecule has 0 fully saturated rings. The summed E-state index contributed by atoms with van der Waals surface area (Å²) in [5.41, 5.74) is 0. The van der Waals surface area contributed by atoms with Gasteiger partial charge in [0.2, 0.25) is 0 Å². The van der Waals surface area contributed by atoms with Crippen LogP contribution in [0.5, 0.6) is 5.75 Å². The summed E-state index contributed by atoms with van der Waals surface area (Å²) >= 11 is 23.0. The highest BCUT2D eigenvalue weighted by Crippen LogP contribution is 2.35. The van der Waals surface area contributed by atoms with Crippen molar-refractivity contribution in [3.63, 3.8) is 0 Å². The Kier molecular flexibility index (Phi) is 4.39. The predicted molar refractivity (Wildman–Crippen MR) is 62.0 cm³/mol. The molecule has 0 heterocycles. The summed E-state index contributed by atoms with van der Waals surface area (Å²) in [6.07, 6.45) is 0. The van der Waals surface area contributed by atoms with Crippen molar-refractivity contribution in [3.8, 4) is 5.75 Å². The molecule has 0 aromatic heterocycles. The Bertz CT molecular complexity index is 339. The molecule has 14 heavy (non-hydrogen) atoms. The van der Waals surface area contributed by atoms with Crippen LogP contribution >= 0.6 is 46.4 Å². The number of hydrogen-bond acceptors (Lipinski definition) is 1. The zero-order valence-electron chi connectivity index (χ0n) is 6.99. The van der Waals surface area contributed by atoms with Crippen LogP contribution in [-0.4, -0.2) is 6.61 Å². The van der Waals surface area contributed by atoms with Crippen LogP contribution in [0.3, 0.4) is 0 Å². The third-order valence-corrected chi connectivity index (χ3v) is 2.23.